The van der Waals surface area contributed by atoms with E-state index in [1.54, 1.807) is 0 Å². The maximum atomic E-state index is 5.96. The van der Waals surface area contributed by atoms with Crippen molar-refractivity contribution in [3.05, 3.63) is 34.9 Å². The van der Waals surface area contributed by atoms with E-state index in [-0.39, 0.29) is 0 Å². The molecule has 0 aliphatic carbocycles. The quantitative estimate of drug-likeness (QED) is 0.796. The monoisotopic (exact) mass is 309 g/mol. The molecule has 1 aliphatic rings. The van der Waals surface area contributed by atoms with E-state index in [4.69, 9.17) is 11.6 Å². The van der Waals surface area contributed by atoms with Gasteiger partial charge in [0, 0.05) is 24.2 Å². The van der Waals surface area contributed by atoms with E-state index in [0.717, 1.165) is 24.5 Å². The van der Waals surface area contributed by atoms with E-state index in [2.05, 4.69) is 34.3 Å². The maximum Gasteiger partial charge on any atom is 0.0406 e. The molecule has 0 amide bonds. The number of rotatable bonds is 8. The lowest BCUT2D eigenvalue weighted by atomic mass is 10.0. The molecule has 21 heavy (non-hydrogen) atoms. The number of hydrogen-bond acceptors (Lipinski definition) is 3. The SMILES string of the molecule is CNC(CCN(C)CCN1CCCC1)c1ccc(Cl)cc1. The number of likely N-dealkylation sites (N-methyl/N-ethyl adjacent to an activating group) is 1. The molecule has 0 radical (unpaired) electrons. The number of halogens is 1. The van der Waals surface area contributed by atoms with Crippen LogP contribution < -0.4 is 5.32 Å². The van der Waals surface area contributed by atoms with Gasteiger partial charge < -0.3 is 15.1 Å². The molecule has 1 N–H and O–H groups in total. The van der Waals surface area contributed by atoms with Crippen molar-refractivity contribution in [3.63, 3.8) is 0 Å². The van der Waals surface area contributed by atoms with Crippen molar-refractivity contribution in [2.75, 3.05) is 46.8 Å². The Morgan fingerprint density at radius 1 is 1.19 bits per heavy atom. The highest BCUT2D eigenvalue weighted by Crippen LogP contribution is 2.19. The number of nitrogens with one attached hydrogen (secondary N) is 1. The van der Waals surface area contributed by atoms with Gasteiger partial charge >= 0.3 is 0 Å². The normalized spacial score (nSPS) is 17.5. The Bertz CT molecular complexity index is 401. The van der Waals surface area contributed by atoms with Crippen molar-refractivity contribution >= 4 is 11.6 Å². The van der Waals surface area contributed by atoms with Crippen molar-refractivity contribution in [2.45, 2.75) is 25.3 Å². The van der Waals surface area contributed by atoms with Crippen LogP contribution >= 0.6 is 11.6 Å². The minimum absolute atomic E-state index is 0.400. The second kappa shape index (κ2) is 8.74. The van der Waals surface area contributed by atoms with Crippen molar-refractivity contribution in [1.82, 2.24) is 15.1 Å². The molecule has 1 atom stereocenters. The molecule has 1 saturated heterocycles. The topological polar surface area (TPSA) is 18.5 Å². The summed E-state index contributed by atoms with van der Waals surface area (Å²) in [5.41, 5.74) is 1.31. The van der Waals surface area contributed by atoms with Crippen molar-refractivity contribution in [2.24, 2.45) is 0 Å². The zero-order valence-corrected chi connectivity index (χ0v) is 14.1. The number of nitrogens with zero attached hydrogens (tertiary/aromatic N) is 2. The van der Waals surface area contributed by atoms with Gasteiger partial charge in [0.1, 0.15) is 0 Å². The molecule has 118 valence electrons. The van der Waals surface area contributed by atoms with E-state index >= 15 is 0 Å². The molecule has 0 saturated carbocycles. The molecule has 3 nitrogen and oxygen atoms in total. The first-order valence-corrected chi connectivity index (χ1v) is 8.40. The highest BCUT2D eigenvalue weighted by molar-refractivity contribution is 6.30. The summed E-state index contributed by atoms with van der Waals surface area (Å²) < 4.78 is 0. The third-order valence-corrected chi connectivity index (χ3v) is 4.67. The Labute approximate surface area is 134 Å². The van der Waals surface area contributed by atoms with E-state index < -0.39 is 0 Å². The Morgan fingerprint density at radius 3 is 2.48 bits per heavy atom. The fourth-order valence-electron chi connectivity index (χ4n) is 2.95. The van der Waals surface area contributed by atoms with Crippen molar-refractivity contribution in [1.29, 1.82) is 0 Å². The summed E-state index contributed by atoms with van der Waals surface area (Å²) in [6, 6.07) is 8.58. The fraction of sp³-hybridized carbons (Fsp3) is 0.647. The maximum absolute atomic E-state index is 5.96. The third kappa shape index (κ3) is 5.59. The minimum atomic E-state index is 0.400. The van der Waals surface area contributed by atoms with Crippen LogP contribution in [-0.4, -0.2) is 56.6 Å². The first-order valence-electron chi connectivity index (χ1n) is 8.02. The summed E-state index contributed by atoms with van der Waals surface area (Å²) >= 11 is 5.96. The molecule has 2 rings (SSSR count). The third-order valence-electron chi connectivity index (χ3n) is 4.42. The summed E-state index contributed by atoms with van der Waals surface area (Å²) in [4.78, 5) is 5.02. The van der Waals surface area contributed by atoms with Crippen LogP contribution in [-0.2, 0) is 0 Å². The van der Waals surface area contributed by atoms with Gasteiger partial charge in [0.05, 0.1) is 0 Å². The van der Waals surface area contributed by atoms with Crippen LogP contribution in [0.2, 0.25) is 5.02 Å². The van der Waals surface area contributed by atoms with Gasteiger partial charge in [-0.2, -0.15) is 0 Å². The van der Waals surface area contributed by atoms with Gasteiger partial charge in [-0.15, -0.1) is 0 Å². The van der Waals surface area contributed by atoms with E-state index in [0.29, 0.717) is 6.04 Å². The number of hydrogen-bond donors (Lipinski definition) is 1. The van der Waals surface area contributed by atoms with Gasteiger partial charge in [-0.25, -0.2) is 0 Å². The Balaban J connectivity index is 1.72. The van der Waals surface area contributed by atoms with Crippen molar-refractivity contribution in [3.8, 4) is 0 Å². The molecule has 0 aromatic heterocycles. The van der Waals surface area contributed by atoms with Crippen molar-refractivity contribution < 1.29 is 0 Å². The van der Waals surface area contributed by atoms with Gasteiger partial charge in [0.15, 0.2) is 0 Å². The minimum Gasteiger partial charge on any atom is -0.313 e. The molecule has 1 heterocycles. The number of likely N-dealkylation sites (tertiary alicyclic amines) is 1. The first kappa shape index (κ1) is 16.8. The average molecular weight is 310 g/mol. The molecule has 1 aromatic rings. The summed E-state index contributed by atoms with van der Waals surface area (Å²) in [7, 11) is 4.26. The predicted octanol–water partition coefficient (Wildman–Crippen LogP) is 3.02. The lowest BCUT2D eigenvalue weighted by Crippen LogP contribution is -2.33. The molecule has 0 spiro atoms. The molecule has 4 heteroatoms. The van der Waals surface area contributed by atoms with Crippen LogP contribution in [0.15, 0.2) is 24.3 Å². The molecule has 1 aliphatic heterocycles. The largest absolute Gasteiger partial charge is 0.313 e. The first-order chi connectivity index (χ1) is 10.2. The van der Waals surface area contributed by atoms with Crippen LogP contribution in [0.1, 0.15) is 30.9 Å². The van der Waals surface area contributed by atoms with Crippen LogP contribution in [0.5, 0.6) is 0 Å². The number of benzene rings is 1. The second-order valence-corrected chi connectivity index (χ2v) is 6.47. The summed E-state index contributed by atoms with van der Waals surface area (Å²) in [5.74, 6) is 0. The van der Waals surface area contributed by atoms with Crippen LogP contribution in [0, 0.1) is 0 Å². The molecule has 1 fully saturated rings. The average Bonchev–Trinajstić information content (AvgIpc) is 3.01. The summed E-state index contributed by atoms with van der Waals surface area (Å²) in [6.45, 7) is 6.07. The standard InChI is InChI=1S/C17H28ClN3/c1-19-17(15-5-7-16(18)8-6-15)9-12-20(2)13-14-21-10-3-4-11-21/h5-8,17,19H,3-4,9-14H2,1-2H3. The molecule has 0 bridgehead atoms. The zero-order chi connectivity index (χ0) is 15.1. The molecular weight excluding hydrogens is 282 g/mol. The highest BCUT2D eigenvalue weighted by Gasteiger charge is 2.13. The van der Waals surface area contributed by atoms with Gasteiger partial charge in [0.25, 0.3) is 0 Å². The highest BCUT2D eigenvalue weighted by atomic mass is 35.5. The van der Waals surface area contributed by atoms with E-state index in [9.17, 15) is 0 Å². The summed E-state index contributed by atoms with van der Waals surface area (Å²) in [6.07, 6.45) is 3.87. The molecular formula is C17H28ClN3. The Kier molecular flexibility index (Phi) is 6.97. The van der Waals surface area contributed by atoms with Gasteiger partial charge in [-0.05, 0) is 70.7 Å². The summed E-state index contributed by atoms with van der Waals surface area (Å²) in [5, 5.41) is 4.21. The Morgan fingerprint density at radius 2 is 1.86 bits per heavy atom. The molecule has 1 aromatic carbocycles. The van der Waals surface area contributed by atoms with Crippen LogP contribution in [0.25, 0.3) is 0 Å². The second-order valence-electron chi connectivity index (χ2n) is 6.03. The van der Waals surface area contributed by atoms with Crippen LogP contribution in [0.3, 0.4) is 0 Å². The Hall–Kier alpha value is -0.610. The predicted molar refractivity (Wildman–Crippen MR) is 91.0 cm³/mol. The van der Waals surface area contributed by atoms with E-state index in [1.807, 2.05) is 19.2 Å². The zero-order valence-electron chi connectivity index (χ0n) is 13.3. The van der Waals surface area contributed by atoms with Crippen LogP contribution in [0.4, 0.5) is 0 Å². The molecule has 1 unspecified atom stereocenters. The van der Waals surface area contributed by atoms with Gasteiger partial charge in [-0.1, -0.05) is 23.7 Å². The lowest BCUT2D eigenvalue weighted by molar-refractivity contribution is 0.249. The smallest absolute Gasteiger partial charge is 0.0406 e. The fourth-order valence-corrected chi connectivity index (χ4v) is 3.08. The van der Waals surface area contributed by atoms with Gasteiger partial charge in [-0.3, -0.25) is 0 Å². The lowest BCUT2D eigenvalue weighted by Gasteiger charge is -2.24. The van der Waals surface area contributed by atoms with Gasteiger partial charge in [0.2, 0.25) is 0 Å². The van der Waals surface area contributed by atoms with E-state index in [1.165, 1.54) is 38.0 Å².